The molecule has 2 rings (SSSR count). The van der Waals surface area contributed by atoms with Gasteiger partial charge in [-0.25, -0.2) is 0 Å². The van der Waals surface area contributed by atoms with Crippen molar-refractivity contribution in [2.24, 2.45) is 11.1 Å². The molecule has 138 valence electrons. The van der Waals surface area contributed by atoms with Crippen molar-refractivity contribution in [2.45, 2.75) is 40.2 Å². The molecule has 0 aliphatic rings. The minimum absolute atomic E-state index is 0.0788. The number of nitrogens with one attached hydrogen (secondary N) is 2. The molecule has 0 aliphatic heterocycles. The van der Waals surface area contributed by atoms with Crippen LogP contribution < -0.4 is 16.4 Å². The van der Waals surface area contributed by atoms with Crippen molar-refractivity contribution in [1.29, 1.82) is 0 Å². The molecule has 2 aromatic rings. The predicted octanol–water partition coefficient (Wildman–Crippen LogP) is 3.49. The van der Waals surface area contributed by atoms with Crippen molar-refractivity contribution >= 4 is 23.2 Å². The lowest BCUT2D eigenvalue weighted by molar-refractivity contribution is -0.123. The van der Waals surface area contributed by atoms with Crippen molar-refractivity contribution in [3.8, 4) is 0 Å². The Hall–Kier alpha value is -2.66. The molecule has 5 heteroatoms. The second kappa shape index (κ2) is 8.15. The highest BCUT2D eigenvalue weighted by atomic mass is 16.2. The van der Waals surface area contributed by atoms with Gasteiger partial charge in [0.05, 0.1) is 6.04 Å². The molecule has 4 N–H and O–H groups in total. The SMILES string of the molecule is Cc1ccc(NC(=O)[C@@H](N)Cc2ccccc2)cc1NC(=O)C(C)(C)C. The molecule has 2 aromatic carbocycles. The van der Waals surface area contributed by atoms with Gasteiger partial charge in [0.15, 0.2) is 0 Å². The third kappa shape index (κ3) is 5.43. The number of hydrogen-bond donors (Lipinski definition) is 3. The lowest BCUT2D eigenvalue weighted by atomic mass is 9.95. The van der Waals surface area contributed by atoms with Crippen LogP contribution in [0.3, 0.4) is 0 Å². The van der Waals surface area contributed by atoms with E-state index in [0.717, 1.165) is 11.1 Å². The fraction of sp³-hybridized carbons (Fsp3) is 0.333. The fourth-order valence-electron chi connectivity index (χ4n) is 2.34. The third-order valence-electron chi connectivity index (χ3n) is 4.07. The van der Waals surface area contributed by atoms with E-state index in [1.54, 1.807) is 12.1 Å². The van der Waals surface area contributed by atoms with Gasteiger partial charge in [-0.3, -0.25) is 9.59 Å². The topological polar surface area (TPSA) is 84.2 Å². The van der Waals surface area contributed by atoms with Gasteiger partial charge < -0.3 is 16.4 Å². The lowest BCUT2D eigenvalue weighted by Crippen LogP contribution is -2.37. The normalized spacial score (nSPS) is 12.3. The van der Waals surface area contributed by atoms with E-state index in [9.17, 15) is 9.59 Å². The first-order valence-electron chi connectivity index (χ1n) is 8.69. The largest absolute Gasteiger partial charge is 0.325 e. The standard InChI is InChI=1S/C21H27N3O2/c1-14-10-11-16(13-18(14)24-20(26)21(2,3)4)23-19(25)17(22)12-15-8-6-5-7-9-15/h5-11,13,17H,12,22H2,1-4H3,(H,23,25)(H,24,26)/t17-/m0/s1. The summed E-state index contributed by atoms with van der Waals surface area (Å²) in [7, 11) is 0. The van der Waals surface area contributed by atoms with Crippen LogP contribution in [0.15, 0.2) is 48.5 Å². The number of benzene rings is 2. The zero-order chi connectivity index (χ0) is 19.3. The Morgan fingerprint density at radius 1 is 1.04 bits per heavy atom. The van der Waals surface area contributed by atoms with Gasteiger partial charge in [0.2, 0.25) is 11.8 Å². The van der Waals surface area contributed by atoms with Crippen LogP contribution in [0.4, 0.5) is 11.4 Å². The zero-order valence-corrected chi connectivity index (χ0v) is 15.8. The third-order valence-corrected chi connectivity index (χ3v) is 4.07. The molecule has 26 heavy (non-hydrogen) atoms. The van der Waals surface area contributed by atoms with Crippen molar-refractivity contribution in [2.75, 3.05) is 10.6 Å². The molecule has 0 bridgehead atoms. The highest BCUT2D eigenvalue weighted by Gasteiger charge is 2.22. The van der Waals surface area contributed by atoms with Crippen LogP contribution in [0.1, 0.15) is 31.9 Å². The first-order chi connectivity index (χ1) is 12.2. The summed E-state index contributed by atoms with van der Waals surface area (Å²) in [5.74, 6) is -0.337. The maximum absolute atomic E-state index is 12.4. The Labute approximate surface area is 155 Å². The van der Waals surface area contributed by atoms with Gasteiger partial charge in [-0.15, -0.1) is 0 Å². The Bertz CT molecular complexity index is 780. The molecular weight excluding hydrogens is 326 g/mol. The molecule has 0 fully saturated rings. The Morgan fingerprint density at radius 3 is 2.31 bits per heavy atom. The summed E-state index contributed by atoms with van der Waals surface area (Å²) in [6, 6.07) is 14.4. The first-order valence-corrected chi connectivity index (χ1v) is 8.69. The van der Waals surface area contributed by atoms with Gasteiger partial charge in [-0.2, -0.15) is 0 Å². The second-order valence-electron chi connectivity index (χ2n) is 7.52. The Morgan fingerprint density at radius 2 is 1.69 bits per heavy atom. The van der Waals surface area contributed by atoms with E-state index in [1.807, 2.05) is 64.1 Å². The van der Waals surface area contributed by atoms with Crippen LogP contribution >= 0.6 is 0 Å². The van der Waals surface area contributed by atoms with Crippen LogP contribution in [-0.2, 0) is 16.0 Å². The van der Waals surface area contributed by atoms with Gasteiger partial charge in [0, 0.05) is 16.8 Å². The number of carbonyl (C=O) groups excluding carboxylic acids is 2. The number of rotatable bonds is 5. The average Bonchev–Trinajstić information content (AvgIpc) is 2.57. The maximum Gasteiger partial charge on any atom is 0.241 e. The smallest absolute Gasteiger partial charge is 0.241 e. The zero-order valence-electron chi connectivity index (χ0n) is 15.8. The molecule has 0 heterocycles. The van der Waals surface area contributed by atoms with E-state index in [-0.39, 0.29) is 11.8 Å². The number of carbonyl (C=O) groups is 2. The number of hydrogen-bond acceptors (Lipinski definition) is 3. The number of aryl methyl sites for hydroxylation is 1. The van der Waals surface area contributed by atoms with Gasteiger partial charge in [0.1, 0.15) is 0 Å². The van der Waals surface area contributed by atoms with E-state index in [1.165, 1.54) is 0 Å². The minimum atomic E-state index is -0.647. The van der Waals surface area contributed by atoms with Gasteiger partial charge >= 0.3 is 0 Å². The summed E-state index contributed by atoms with van der Waals surface area (Å²) >= 11 is 0. The van der Waals surface area contributed by atoms with Crippen LogP contribution in [-0.4, -0.2) is 17.9 Å². The van der Waals surface area contributed by atoms with Crippen molar-refractivity contribution in [3.63, 3.8) is 0 Å². The van der Waals surface area contributed by atoms with E-state index in [2.05, 4.69) is 10.6 Å². The summed E-state index contributed by atoms with van der Waals surface area (Å²) < 4.78 is 0. The van der Waals surface area contributed by atoms with E-state index in [4.69, 9.17) is 5.73 Å². The minimum Gasteiger partial charge on any atom is -0.325 e. The number of anilines is 2. The molecule has 0 radical (unpaired) electrons. The van der Waals surface area contributed by atoms with E-state index >= 15 is 0 Å². The molecule has 5 nitrogen and oxygen atoms in total. The van der Waals surface area contributed by atoms with Crippen molar-refractivity contribution in [3.05, 3.63) is 59.7 Å². The summed E-state index contributed by atoms with van der Waals surface area (Å²) in [6.45, 7) is 7.47. The molecule has 0 saturated carbocycles. The number of nitrogens with two attached hydrogens (primary N) is 1. The lowest BCUT2D eigenvalue weighted by Gasteiger charge is -2.19. The van der Waals surface area contributed by atoms with Crippen LogP contribution in [0.25, 0.3) is 0 Å². The van der Waals surface area contributed by atoms with Gasteiger partial charge in [0.25, 0.3) is 0 Å². The first kappa shape index (κ1) is 19.7. The predicted molar refractivity (Wildman–Crippen MR) is 106 cm³/mol. The van der Waals surface area contributed by atoms with Crippen LogP contribution in [0, 0.1) is 12.3 Å². The molecule has 0 saturated heterocycles. The summed E-state index contributed by atoms with van der Waals surface area (Å²) in [4.78, 5) is 24.6. The van der Waals surface area contributed by atoms with E-state index in [0.29, 0.717) is 17.8 Å². The molecule has 0 unspecified atom stereocenters. The Kier molecular flexibility index (Phi) is 6.16. The quantitative estimate of drug-likeness (QED) is 0.769. The van der Waals surface area contributed by atoms with Gasteiger partial charge in [-0.05, 0) is 36.6 Å². The number of amides is 2. The van der Waals surface area contributed by atoms with Crippen molar-refractivity contribution < 1.29 is 9.59 Å². The maximum atomic E-state index is 12.4. The van der Waals surface area contributed by atoms with Gasteiger partial charge in [-0.1, -0.05) is 57.2 Å². The highest BCUT2D eigenvalue weighted by molar-refractivity contribution is 5.98. The molecule has 2 amide bonds. The average molecular weight is 353 g/mol. The molecular formula is C21H27N3O2. The van der Waals surface area contributed by atoms with E-state index < -0.39 is 11.5 Å². The van der Waals surface area contributed by atoms with Crippen LogP contribution in [0.2, 0.25) is 0 Å². The fourth-order valence-corrected chi connectivity index (χ4v) is 2.34. The molecule has 0 aliphatic carbocycles. The second-order valence-corrected chi connectivity index (χ2v) is 7.52. The van der Waals surface area contributed by atoms with Crippen molar-refractivity contribution in [1.82, 2.24) is 0 Å². The molecule has 1 atom stereocenters. The molecule has 0 aromatic heterocycles. The monoisotopic (exact) mass is 353 g/mol. The summed E-state index contributed by atoms with van der Waals surface area (Å²) in [5.41, 5.74) is 8.75. The summed E-state index contributed by atoms with van der Waals surface area (Å²) in [6.07, 6.45) is 0.464. The highest BCUT2D eigenvalue weighted by Crippen LogP contribution is 2.23. The molecule has 0 spiro atoms. The van der Waals surface area contributed by atoms with Crippen LogP contribution in [0.5, 0.6) is 0 Å². The Balaban J connectivity index is 2.06. The summed E-state index contributed by atoms with van der Waals surface area (Å²) in [5, 5.41) is 5.74.